The van der Waals surface area contributed by atoms with Gasteiger partial charge in [-0.1, -0.05) is 36.1 Å². The molecule has 2 aromatic carbocycles. The molecule has 4 rings (SSSR count). The zero-order valence-corrected chi connectivity index (χ0v) is 16.2. The van der Waals surface area contributed by atoms with Crippen molar-refractivity contribution >= 4 is 23.4 Å². The number of hydrogen-bond donors (Lipinski definition) is 1. The zero-order valence-electron chi connectivity index (χ0n) is 15.4. The number of halogens is 1. The predicted octanol–water partition coefficient (Wildman–Crippen LogP) is 2.83. The van der Waals surface area contributed by atoms with E-state index in [1.165, 1.54) is 30.2 Å². The first-order chi connectivity index (χ1) is 12.6. The van der Waals surface area contributed by atoms with E-state index in [9.17, 15) is 9.90 Å². The molecule has 142 valence electrons. The lowest BCUT2D eigenvalue weighted by Gasteiger charge is -2.27. The van der Waals surface area contributed by atoms with Crippen LogP contribution < -0.4 is 15.6 Å². The average molecular weight is 386 g/mol. The summed E-state index contributed by atoms with van der Waals surface area (Å²) in [6.45, 7) is 4.92. The van der Waals surface area contributed by atoms with Crippen LogP contribution in [0.15, 0.2) is 51.7 Å². The van der Waals surface area contributed by atoms with Crippen molar-refractivity contribution in [2.45, 2.75) is 32.7 Å². The lowest BCUT2D eigenvalue weighted by Crippen LogP contribution is -3.11. The van der Waals surface area contributed by atoms with Gasteiger partial charge in [0, 0.05) is 17.0 Å². The van der Waals surface area contributed by atoms with Gasteiger partial charge in [0.25, 0.3) is 0 Å². The number of nitrogens with one attached hydrogen (secondary N) is 1. The standard InChI is InChI=1S/C22H23NO3.ClH/c1-15-12-19-21(22(25)18(15)14-23-10-6-3-7-11-23)17(13-20(24)26-19)16-8-4-2-5-9-16;/h2,4-5,8-9,12-13,25H,3,6-7,10-11,14H2,1H3;1H. The van der Waals surface area contributed by atoms with Crippen LogP contribution in [-0.2, 0) is 6.54 Å². The van der Waals surface area contributed by atoms with Gasteiger partial charge < -0.3 is 14.4 Å². The van der Waals surface area contributed by atoms with Crippen molar-refractivity contribution in [2.24, 2.45) is 0 Å². The summed E-state index contributed by atoms with van der Waals surface area (Å²) in [5.41, 5.74) is 3.24. The van der Waals surface area contributed by atoms with Gasteiger partial charge >= 0.3 is 5.63 Å². The van der Waals surface area contributed by atoms with E-state index in [1.54, 1.807) is 0 Å². The molecule has 1 aliphatic rings. The van der Waals surface area contributed by atoms with Gasteiger partial charge in [-0.15, -0.1) is 12.4 Å². The molecule has 4 nitrogen and oxygen atoms in total. The fraction of sp³-hybridized carbons (Fsp3) is 0.318. The maximum Gasteiger partial charge on any atom is 0.336 e. The van der Waals surface area contributed by atoms with Gasteiger partial charge in [-0.2, -0.15) is 0 Å². The molecule has 2 heterocycles. The molecule has 1 aromatic heterocycles. The van der Waals surface area contributed by atoms with E-state index in [-0.39, 0.29) is 18.2 Å². The van der Waals surface area contributed by atoms with E-state index in [1.807, 2.05) is 43.3 Å². The molecule has 0 spiro atoms. The molecule has 0 saturated carbocycles. The summed E-state index contributed by atoms with van der Waals surface area (Å²) in [6.07, 6.45) is 3.73. The molecular formula is C22H24ClNO3. The third-order valence-corrected chi connectivity index (χ3v) is 5.39. The summed E-state index contributed by atoms with van der Waals surface area (Å²) in [4.78, 5) is 13.5. The van der Waals surface area contributed by atoms with Gasteiger partial charge in [-0.3, -0.25) is 0 Å². The van der Waals surface area contributed by atoms with E-state index in [2.05, 4.69) is 0 Å². The molecule has 5 heteroatoms. The van der Waals surface area contributed by atoms with Gasteiger partial charge in [0.2, 0.25) is 0 Å². The Morgan fingerprint density at radius 2 is 1.78 bits per heavy atom. The monoisotopic (exact) mass is 385 g/mol. The van der Waals surface area contributed by atoms with Crippen LogP contribution in [0.5, 0.6) is 5.75 Å². The van der Waals surface area contributed by atoms with Crippen LogP contribution in [0.3, 0.4) is 0 Å². The third-order valence-electron chi connectivity index (χ3n) is 5.39. The van der Waals surface area contributed by atoms with E-state index < -0.39 is 5.63 Å². The van der Waals surface area contributed by atoms with E-state index in [0.29, 0.717) is 16.5 Å². The maximum atomic E-state index is 13.4. The first kappa shape index (κ1) is 19.5. The summed E-state index contributed by atoms with van der Waals surface area (Å²) >= 11 is 0. The fourth-order valence-corrected chi connectivity index (χ4v) is 4.00. The Labute approximate surface area is 164 Å². The van der Waals surface area contributed by atoms with Crippen molar-refractivity contribution in [1.82, 2.24) is 0 Å². The molecule has 1 saturated heterocycles. The van der Waals surface area contributed by atoms with Crippen LogP contribution >= 0.6 is 12.4 Å². The number of benzene rings is 2. The van der Waals surface area contributed by atoms with Gasteiger partial charge in [0.05, 0.1) is 13.1 Å². The topological polar surface area (TPSA) is 57.7 Å². The summed E-state index contributed by atoms with van der Waals surface area (Å²) in [5, 5.41) is 13.9. The Balaban J connectivity index is 0.00000210. The molecule has 3 aromatic rings. The molecular weight excluding hydrogens is 362 g/mol. The number of piperidine rings is 1. The molecule has 1 N–H and O–H groups in total. The maximum absolute atomic E-state index is 13.4. The van der Waals surface area contributed by atoms with Crippen LogP contribution in [0.4, 0.5) is 0 Å². The van der Waals surface area contributed by atoms with Crippen LogP contribution in [-0.4, -0.2) is 13.1 Å². The summed E-state index contributed by atoms with van der Waals surface area (Å²) in [7, 11) is 0. The lowest BCUT2D eigenvalue weighted by molar-refractivity contribution is -0.918. The highest BCUT2D eigenvalue weighted by Crippen LogP contribution is 2.35. The smallest absolute Gasteiger partial charge is 0.336 e. The summed E-state index contributed by atoms with van der Waals surface area (Å²) in [6, 6.07) is 12.9. The molecule has 0 atom stereocenters. The highest BCUT2D eigenvalue weighted by molar-refractivity contribution is 5.98. The molecule has 27 heavy (non-hydrogen) atoms. The van der Waals surface area contributed by atoms with E-state index in [0.717, 1.165) is 36.3 Å². The minimum Gasteiger partial charge on any atom is -0.872 e. The average Bonchev–Trinajstić information content (AvgIpc) is 2.66. The second kappa shape index (κ2) is 8.15. The van der Waals surface area contributed by atoms with Crippen molar-refractivity contribution < 1.29 is 14.4 Å². The van der Waals surface area contributed by atoms with Gasteiger partial charge in [-0.25, -0.2) is 4.79 Å². The van der Waals surface area contributed by atoms with Gasteiger partial charge in [0.15, 0.2) is 0 Å². The SMILES string of the molecule is Cc1cc2oc(=O)cc(-c3ccccc3)c2c([O-])c1C[NH+]1CCCCC1.Cl. The number of hydrogen-bond acceptors (Lipinski definition) is 3. The molecule has 0 unspecified atom stereocenters. The Bertz CT molecular complexity index is 992. The molecule has 0 amide bonds. The summed E-state index contributed by atoms with van der Waals surface area (Å²) < 4.78 is 5.37. The highest BCUT2D eigenvalue weighted by Gasteiger charge is 2.18. The van der Waals surface area contributed by atoms with Crippen molar-refractivity contribution in [3.05, 3.63) is 64.0 Å². The summed E-state index contributed by atoms with van der Waals surface area (Å²) in [5.74, 6) is 0.000626. The van der Waals surface area contributed by atoms with Crippen LogP contribution in [0.25, 0.3) is 22.1 Å². The molecule has 1 aliphatic heterocycles. The number of fused-ring (bicyclic) bond motifs is 1. The molecule has 0 aliphatic carbocycles. The van der Waals surface area contributed by atoms with Crippen LogP contribution in [0.1, 0.15) is 30.4 Å². The molecule has 0 bridgehead atoms. The molecule has 1 fully saturated rings. The van der Waals surface area contributed by atoms with Crippen molar-refractivity contribution in [1.29, 1.82) is 0 Å². The third kappa shape index (κ3) is 3.87. The minimum absolute atomic E-state index is 0. The Kier molecular flexibility index (Phi) is 5.88. The predicted molar refractivity (Wildman–Crippen MR) is 108 cm³/mol. The van der Waals surface area contributed by atoms with Crippen LogP contribution in [0, 0.1) is 6.92 Å². The number of likely N-dealkylation sites (tertiary alicyclic amines) is 1. The first-order valence-electron chi connectivity index (χ1n) is 9.30. The second-order valence-corrected chi connectivity index (χ2v) is 7.21. The minimum atomic E-state index is -0.426. The Morgan fingerprint density at radius 3 is 2.48 bits per heavy atom. The van der Waals surface area contributed by atoms with E-state index in [4.69, 9.17) is 4.42 Å². The highest BCUT2D eigenvalue weighted by atomic mass is 35.5. The van der Waals surface area contributed by atoms with Gasteiger partial charge in [0.1, 0.15) is 12.1 Å². The number of quaternary nitrogens is 1. The van der Waals surface area contributed by atoms with Crippen LogP contribution in [0.2, 0.25) is 0 Å². The number of aryl methyl sites for hydroxylation is 1. The Morgan fingerprint density at radius 1 is 1.07 bits per heavy atom. The van der Waals surface area contributed by atoms with Gasteiger partial charge in [-0.05, 0) is 48.9 Å². The number of rotatable bonds is 3. The van der Waals surface area contributed by atoms with Crippen molar-refractivity contribution in [3.8, 4) is 16.9 Å². The normalized spacial score (nSPS) is 14.9. The van der Waals surface area contributed by atoms with E-state index >= 15 is 0 Å². The first-order valence-corrected chi connectivity index (χ1v) is 9.30. The second-order valence-electron chi connectivity index (χ2n) is 7.21. The quantitative estimate of drug-likeness (QED) is 0.705. The zero-order chi connectivity index (χ0) is 18.1. The Hall–Kier alpha value is -2.30. The largest absolute Gasteiger partial charge is 0.872 e. The lowest BCUT2D eigenvalue weighted by atomic mass is 9.96. The molecule has 0 radical (unpaired) electrons. The van der Waals surface area contributed by atoms with Crippen molar-refractivity contribution in [3.63, 3.8) is 0 Å². The fourth-order valence-electron chi connectivity index (χ4n) is 4.00. The van der Waals surface area contributed by atoms with Crippen molar-refractivity contribution in [2.75, 3.05) is 13.1 Å².